The number of carbonyl (C=O) groups is 1. The molecule has 0 aromatic heterocycles. The lowest BCUT2D eigenvalue weighted by Crippen LogP contribution is -2.20. The normalized spacial score (nSPS) is 22.9. The standard InChI is InChI=1S/C17H16ClNO4S/c1-11-7-9-12(10-8-11)24(21,22)19-15(16(19)17(20)23-2)13-5-3-4-6-14(13)18/h3-10,15-16H,1-2H3/t15-,16+,19?/m0/s1. The molecule has 1 aliphatic heterocycles. The minimum absolute atomic E-state index is 0.136. The van der Waals surface area contributed by atoms with Gasteiger partial charge in [-0.2, -0.15) is 4.31 Å². The molecule has 2 aromatic rings. The van der Waals surface area contributed by atoms with Crippen molar-refractivity contribution in [1.29, 1.82) is 0 Å². The van der Waals surface area contributed by atoms with Crippen LogP contribution in [0.1, 0.15) is 17.2 Å². The van der Waals surface area contributed by atoms with Gasteiger partial charge in [-0.3, -0.25) is 4.79 Å². The van der Waals surface area contributed by atoms with Gasteiger partial charge in [0.05, 0.1) is 18.0 Å². The molecule has 1 aliphatic rings. The second-order valence-corrected chi connectivity index (χ2v) is 7.83. The predicted octanol–water partition coefficient (Wildman–Crippen LogP) is 2.94. The molecule has 1 unspecified atom stereocenters. The van der Waals surface area contributed by atoms with Crippen LogP contribution in [0.2, 0.25) is 5.02 Å². The largest absolute Gasteiger partial charge is 0.468 e. The number of sulfonamides is 1. The summed E-state index contributed by atoms with van der Waals surface area (Å²) in [6, 6.07) is 11.8. The number of hydrogen-bond acceptors (Lipinski definition) is 4. The van der Waals surface area contributed by atoms with E-state index >= 15 is 0 Å². The maximum absolute atomic E-state index is 12.9. The highest BCUT2D eigenvalue weighted by Crippen LogP contribution is 2.49. The number of aryl methyl sites for hydroxylation is 1. The van der Waals surface area contributed by atoms with Crippen molar-refractivity contribution in [3.8, 4) is 0 Å². The summed E-state index contributed by atoms with van der Waals surface area (Å²) in [4.78, 5) is 12.2. The highest BCUT2D eigenvalue weighted by molar-refractivity contribution is 7.89. The van der Waals surface area contributed by atoms with E-state index in [1.807, 2.05) is 6.92 Å². The predicted molar refractivity (Wildman–Crippen MR) is 90.2 cm³/mol. The number of nitrogens with zero attached hydrogens (tertiary/aromatic N) is 1. The van der Waals surface area contributed by atoms with Gasteiger partial charge in [-0.1, -0.05) is 47.5 Å². The van der Waals surface area contributed by atoms with Crippen LogP contribution in [0, 0.1) is 6.92 Å². The fraction of sp³-hybridized carbons (Fsp3) is 0.235. The van der Waals surface area contributed by atoms with Gasteiger partial charge >= 0.3 is 5.97 Å². The number of benzene rings is 2. The van der Waals surface area contributed by atoms with Crippen molar-refractivity contribution < 1.29 is 17.9 Å². The summed E-state index contributed by atoms with van der Waals surface area (Å²) in [7, 11) is -2.59. The number of carbonyl (C=O) groups excluding carboxylic acids is 1. The van der Waals surface area contributed by atoms with Crippen LogP contribution in [0.25, 0.3) is 0 Å². The Bertz CT molecular complexity index is 880. The number of halogens is 1. The van der Waals surface area contributed by atoms with E-state index in [-0.39, 0.29) is 4.90 Å². The molecule has 1 heterocycles. The molecular weight excluding hydrogens is 350 g/mol. The lowest BCUT2D eigenvalue weighted by atomic mass is 10.1. The Kier molecular flexibility index (Phi) is 4.38. The molecule has 3 rings (SSSR count). The van der Waals surface area contributed by atoms with Crippen LogP contribution in [0.15, 0.2) is 53.4 Å². The van der Waals surface area contributed by atoms with E-state index in [4.69, 9.17) is 16.3 Å². The van der Waals surface area contributed by atoms with E-state index in [2.05, 4.69) is 0 Å². The van der Waals surface area contributed by atoms with Crippen LogP contribution < -0.4 is 0 Å². The van der Waals surface area contributed by atoms with Crippen LogP contribution >= 0.6 is 11.6 Å². The molecule has 5 nitrogen and oxygen atoms in total. The molecule has 7 heteroatoms. The van der Waals surface area contributed by atoms with Crippen molar-refractivity contribution in [2.75, 3.05) is 7.11 Å². The van der Waals surface area contributed by atoms with Crippen LogP contribution in [0.4, 0.5) is 0 Å². The highest BCUT2D eigenvalue weighted by atomic mass is 35.5. The van der Waals surface area contributed by atoms with E-state index < -0.39 is 28.1 Å². The second kappa shape index (κ2) is 6.20. The molecule has 0 saturated carbocycles. The van der Waals surface area contributed by atoms with Crippen LogP contribution in [0.5, 0.6) is 0 Å². The maximum Gasteiger partial charge on any atom is 0.326 e. The van der Waals surface area contributed by atoms with Gasteiger partial charge in [-0.25, -0.2) is 8.42 Å². The Morgan fingerprint density at radius 1 is 1.12 bits per heavy atom. The zero-order valence-electron chi connectivity index (χ0n) is 13.1. The average molecular weight is 366 g/mol. The van der Waals surface area contributed by atoms with Gasteiger partial charge in [0.2, 0.25) is 10.0 Å². The van der Waals surface area contributed by atoms with Gasteiger partial charge in [0.25, 0.3) is 0 Å². The lowest BCUT2D eigenvalue weighted by molar-refractivity contribution is -0.140. The summed E-state index contributed by atoms with van der Waals surface area (Å²) in [5, 5.41) is 0.415. The quantitative estimate of drug-likeness (QED) is 0.617. The summed E-state index contributed by atoms with van der Waals surface area (Å²) in [6.45, 7) is 1.87. The van der Waals surface area contributed by atoms with Gasteiger partial charge in [0, 0.05) is 5.02 Å². The third kappa shape index (κ3) is 2.81. The number of rotatable bonds is 4. The van der Waals surface area contributed by atoms with Crippen molar-refractivity contribution in [1.82, 2.24) is 4.31 Å². The third-order valence-electron chi connectivity index (χ3n) is 4.02. The minimum Gasteiger partial charge on any atom is -0.468 e. The first-order valence-corrected chi connectivity index (χ1v) is 9.12. The smallest absolute Gasteiger partial charge is 0.326 e. The molecule has 2 aromatic carbocycles. The molecule has 0 spiro atoms. The van der Waals surface area contributed by atoms with Gasteiger partial charge in [-0.15, -0.1) is 0 Å². The zero-order valence-corrected chi connectivity index (χ0v) is 14.7. The first-order valence-electron chi connectivity index (χ1n) is 7.30. The monoisotopic (exact) mass is 365 g/mol. The topological polar surface area (TPSA) is 63.5 Å². The second-order valence-electron chi connectivity index (χ2n) is 5.58. The molecular formula is C17H16ClNO4S. The molecule has 0 aliphatic carbocycles. The van der Waals surface area contributed by atoms with Crippen LogP contribution in [-0.2, 0) is 19.6 Å². The van der Waals surface area contributed by atoms with Gasteiger partial charge in [-0.05, 0) is 30.7 Å². The van der Waals surface area contributed by atoms with Crippen molar-refractivity contribution >= 4 is 27.6 Å². The summed E-state index contributed by atoms with van der Waals surface area (Å²) >= 11 is 6.18. The minimum atomic E-state index is -3.83. The number of ether oxygens (including phenoxy) is 1. The first-order chi connectivity index (χ1) is 11.4. The first kappa shape index (κ1) is 17.0. The van der Waals surface area contributed by atoms with Crippen molar-refractivity contribution in [2.45, 2.75) is 23.9 Å². The molecule has 0 amide bonds. The van der Waals surface area contributed by atoms with Gasteiger partial charge in [0.1, 0.15) is 6.04 Å². The molecule has 1 fully saturated rings. The van der Waals surface area contributed by atoms with Crippen LogP contribution in [-0.4, -0.2) is 31.8 Å². The average Bonchev–Trinajstić information content (AvgIpc) is 3.31. The van der Waals surface area contributed by atoms with E-state index in [0.29, 0.717) is 10.6 Å². The summed E-state index contributed by atoms with van der Waals surface area (Å²) in [5.74, 6) is -0.601. The number of hydrogen-bond donors (Lipinski definition) is 0. The fourth-order valence-electron chi connectivity index (χ4n) is 2.72. The summed E-state index contributed by atoms with van der Waals surface area (Å²) in [5.41, 5.74) is 1.54. The van der Waals surface area contributed by atoms with Crippen molar-refractivity contribution in [3.63, 3.8) is 0 Å². The SMILES string of the molecule is COC(=O)[C@H]1[C@H](c2ccccc2Cl)N1S(=O)(=O)c1ccc(C)cc1. The fourth-order valence-corrected chi connectivity index (χ4v) is 4.66. The van der Waals surface area contributed by atoms with Crippen molar-refractivity contribution in [3.05, 3.63) is 64.7 Å². The summed E-state index contributed by atoms with van der Waals surface area (Å²) < 4.78 is 31.7. The molecule has 1 saturated heterocycles. The van der Waals surface area contributed by atoms with Crippen molar-refractivity contribution in [2.24, 2.45) is 0 Å². The van der Waals surface area contributed by atoms with E-state index in [1.54, 1.807) is 36.4 Å². The Balaban J connectivity index is 2.03. The Hall–Kier alpha value is -1.89. The van der Waals surface area contributed by atoms with E-state index in [0.717, 1.165) is 9.87 Å². The Morgan fingerprint density at radius 3 is 2.33 bits per heavy atom. The maximum atomic E-state index is 12.9. The molecule has 0 radical (unpaired) electrons. The Labute approximate surface area is 145 Å². The number of methoxy groups -OCH3 is 1. The molecule has 0 bridgehead atoms. The van der Waals surface area contributed by atoms with E-state index in [1.165, 1.54) is 19.2 Å². The number of esters is 1. The van der Waals surface area contributed by atoms with Gasteiger partial charge in [0.15, 0.2) is 0 Å². The third-order valence-corrected chi connectivity index (χ3v) is 6.24. The van der Waals surface area contributed by atoms with Crippen LogP contribution in [0.3, 0.4) is 0 Å². The molecule has 3 atom stereocenters. The van der Waals surface area contributed by atoms with E-state index in [9.17, 15) is 13.2 Å². The molecule has 24 heavy (non-hydrogen) atoms. The zero-order chi connectivity index (χ0) is 17.5. The molecule has 126 valence electrons. The Morgan fingerprint density at radius 2 is 1.75 bits per heavy atom. The lowest BCUT2D eigenvalue weighted by Gasteiger charge is -2.07. The highest BCUT2D eigenvalue weighted by Gasteiger charge is 2.61. The summed E-state index contributed by atoms with van der Waals surface area (Å²) in [6.07, 6.45) is 0. The molecule has 0 N–H and O–H groups in total. The van der Waals surface area contributed by atoms with Gasteiger partial charge < -0.3 is 4.74 Å².